The largest absolute Gasteiger partial charge is 0.0941 e. The Bertz CT molecular complexity index is 96.7. The molecule has 1 rings (SSSR count). The Balaban J connectivity index is 2.30. The van der Waals surface area contributed by atoms with Gasteiger partial charge in [0.1, 0.15) is 0 Å². The summed E-state index contributed by atoms with van der Waals surface area (Å²) >= 11 is 0. The van der Waals surface area contributed by atoms with Crippen LogP contribution in [0.3, 0.4) is 0 Å². The van der Waals surface area contributed by atoms with Crippen LogP contribution in [-0.2, 0) is 0 Å². The van der Waals surface area contributed by atoms with Gasteiger partial charge in [0, 0.05) is 0 Å². The maximum atomic E-state index is 5.72. The topological polar surface area (TPSA) is 0 Å². The lowest BCUT2D eigenvalue weighted by molar-refractivity contribution is 0.637. The predicted octanol–water partition coefficient (Wildman–Crippen LogP) is 2.46. The molecule has 0 bridgehead atoms. The van der Waals surface area contributed by atoms with Crippen molar-refractivity contribution in [3.63, 3.8) is 0 Å². The second-order valence-electron chi connectivity index (χ2n) is 2.73. The number of hydrogen-bond donors (Lipinski definition) is 0. The summed E-state index contributed by atoms with van der Waals surface area (Å²) in [5.74, 6) is 0.338. The van der Waals surface area contributed by atoms with Crippen molar-refractivity contribution in [1.82, 2.24) is 0 Å². The molecule has 0 aromatic carbocycles. The van der Waals surface area contributed by atoms with Crippen LogP contribution in [0.2, 0.25) is 5.82 Å². The van der Waals surface area contributed by atoms with Gasteiger partial charge in [-0.3, -0.25) is 0 Å². The van der Waals surface area contributed by atoms with Crippen molar-refractivity contribution in [3.8, 4) is 0 Å². The van der Waals surface area contributed by atoms with E-state index in [-0.39, 0.29) is 0 Å². The molecule has 0 saturated heterocycles. The molecular formula is C8H13B. The van der Waals surface area contributed by atoms with E-state index in [9.17, 15) is 0 Å². The first-order valence-electron chi connectivity index (χ1n) is 3.82. The molecule has 1 aliphatic rings. The molecule has 9 heavy (non-hydrogen) atoms. The highest BCUT2D eigenvalue weighted by molar-refractivity contribution is 6.12. The van der Waals surface area contributed by atoms with Crippen LogP contribution in [0, 0.1) is 0 Å². The fraction of sp³-hybridized carbons (Fsp3) is 0.750. The lowest BCUT2D eigenvalue weighted by atomic mass is 9.81. The first-order chi connectivity index (χ1) is 4.39. The van der Waals surface area contributed by atoms with Gasteiger partial charge in [-0.05, 0) is 12.8 Å². The molecule has 48 valence electrons. The van der Waals surface area contributed by atoms with Crippen molar-refractivity contribution in [2.45, 2.75) is 37.9 Å². The third-order valence-corrected chi connectivity index (χ3v) is 1.79. The highest BCUT2D eigenvalue weighted by atomic mass is 14.0. The first-order valence-corrected chi connectivity index (χ1v) is 3.82. The van der Waals surface area contributed by atoms with Crippen LogP contribution in [0.25, 0.3) is 0 Å². The minimum Gasteiger partial charge on any atom is -0.0941 e. The summed E-state index contributed by atoms with van der Waals surface area (Å²) in [4.78, 5) is 0. The van der Waals surface area contributed by atoms with Crippen LogP contribution in [0.5, 0.6) is 0 Å². The molecule has 0 aromatic rings. The molecule has 0 saturated carbocycles. The van der Waals surface area contributed by atoms with E-state index in [1.54, 1.807) is 0 Å². The summed E-state index contributed by atoms with van der Waals surface area (Å²) in [5.41, 5.74) is 0. The van der Waals surface area contributed by atoms with E-state index in [1.165, 1.54) is 32.1 Å². The van der Waals surface area contributed by atoms with Gasteiger partial charge in [0.05, 0.1) is 7.85 Å². The summed E-state index contributed by atoms with van der Waals surface area (Å²) in [6.07, 6.45) is 10.8. The van der Waals surface area contributed by atoms with Crippen LogP contribution in [-0.4, -0.2) is 7.85 Å². The molecule has 1 atom stereocenters. The van der Waals surface area contributed by atoms with Gasteiger partial charge in [0.2, 0.25) is 0 Å². The monoisotopic (exact) mass is 120 g/mol. The molecule has 1 heteroatoms. The summed E-state index contributed by atoms with van der Waals surface area (Å²) in [5, 5.41) is 0. The Morgan fingerprint density at radius 3 is 3.00 bits per heavy atom. The number of allylic oxidation sites excluding steroid dienone is 2. The molecule has 0 nitrogen and oxygen atoms in total. The van der Waals surface area contributed by atoms with E-state index < -0.39 is 0 Å². The Morgan fingerprint density at radius 1 is 1.22 bits per heavy atom. The summed E-state index contributed by atoms with van der Waals surface area (Å²) < 4.78 is 0. The molecule has 0 N–H and O–H groups in total. The van der Waals surface area contributed by atoms with Crippen LogP contribution in [0.4, 0.5) is 0 Å². The Kier molecular flexibility index (Phi) is 2.89. The third-order valence-electron chi connectivity index (χ3n) is 1.79. The van der Waals surface area contributed by atoms with Crippen LogP contribution in [0.15, 0.2) is 12.2 Å². The Labute approximate surface area is 58.8 Å². The number of rotatable bonds is 0. The van der Waals surface area contributed by atoms with E-state index >= 15 is 0 Å². The minimum absolute atomic E-state index is 0.338. The Hall–Kier alpha value is -0.195. The van der Waals surface area contributed by atoms with Gasteiger partial charge in [-0.2, -0.15) is 0 Å². The molecule has 0 aliphatic heterocycles. The zero-order valence-electron chi connectivity index (χ0n) is 5.84. The smallest absolute Gasteiger partial charge is 0.0755 e. The number of hydrogen-bond acceptors (Lipinski definition) is 0. The lowest BCUT2D eigenvalue weighted by Crippen LogP contribution is -1.90. The maximum Gasteiger partial charge on any atom is 0.0755 e. The Morgan fingerprint density at radius 2 is 2.11 bits per heavy atom. The van der Waals surface area contributed by atoms with Crippen molar-refractivity contribution >= 4 is 7.85 Å². The average Bonchev–Trinajstić information content (AvgIpc) is 1.79. The quantitative estimate of drug-likeness (QED) is 0.340. The van der Waals surface area contributed by atoms with E-state index in [2.05, 4.69) is 12.2 Å². The molecule has 1 unspecified atom stereocenters. The van der Waals surface area contributed by atoms with Gasteiger partial charge in [0.15, 0.2) is 0 Å². The zero-order chi connectivity index (χ0) is 6.53. The van der Waals surface area contributed by atoms with Gasteiger partial charge in [-0.1, -0.05) is 37.2 Å². The van der Waals surface area contributed by atoms with Crippen molar-refractivity contribution in [2.75, 3.05) is 0 Å². The normalized spacial score (nSPS) is 32.7. The third kappa shape index (κ3) is 2.74. The molecule has 1 aliphatic carbocycles. The standard InChI is InChI=1S/C8H13B/c9-8-6-4-2-1-3-5-7-8/h4,6,8H,1-3,5,7H2/b6-4+. The van der Waals surface area contributed by atoms with Gasteiger partial charge in [0.25, 0.3) is 0 Å². The summed E-state index contributed by atoms with van der Waals surface area (Å²) in [7, 11) is 5.72. The second-order valence-corrected chi connectivity index (χ2v) is 2.73. The SMILES string of the molecule is [B]C1/C=C/CCCCC1. The second kappa shape index (κ2) is 3.76. The minimum atomic E-state index is 0.338. The van der Waals surface area contributed by atoms with Gasteiger partial charge in [-0.25, -0.2) is 0 Å². The fourth-order valence-corrected chi connectivity index (χ4v) is 1.19. The molecule has 2 radical (unpaired) electrons. The van der Waals surface area contributed by atoms with Crippen LogP contribution >= 0.6 is 0 Å². The molecule has 0 fully saturated rings. The van der Waals surface area contributed by atoms with Gasteiger partial charge in [-0.15, -0.1) is 0 Å². The van der Waals surface area contributed by atoms with Gasteiger partial charge >= 0.3 is 0 Å². The molecule has 0 aromatic heterocycles. The van der Waals surface area contributed by atoms with Gasteiger partial charge < -0.3 is 0 Å². The van der Waals surface area contributed by atoms with Crippen molar-refractivity contribution in [2.24, 2.45) is 0 Å². The lowest BCUT2D eigenvalue weighted by Gasteiger charge is -2.08. The predicted molar refractivity (Wildman–Crippen MR) is 41.7 cm³/mol. The molecule has 0 spiro atoms. The van der Waals surface area contributed by atoms with Crippen LogP contribution < -0.4 is 0 Å². The highest BCUT2D eigenvalue weighted by Crippen LogP contribution is 2.17. The fourth-order valence-electron chi connectivity index (χ4n) is 1.19. The van der Waals surface area contributed by atoms with E-state index in [0.717, 1.165) is 0 Å². The van der Waals surface area contributed by atoms with Crippen molar-refractivity contribution in [3.05, 3.63) is 12.2 Å². The zero-order valence-corrected chi connectivity index (χ0v) is 5.84. The van der Waals surface area contributed by atoms with E-state index in [4.69, 9.17) is 7.85 Å². The molecule has 0 heterocycles. The maximum absolute atomic E-state index is 5.72. The average molecular weight is 120 g/mol. The van der Waals surface area contributed by atoms with Crippen LogP contribution in [0.1, 0.15) is 32.1 Å². The molecule has 0 amide bonds. The van der Waals surface area contributed by atoms with Crippen molar-refractivity contribution in [1.29, 1.82) is 0 Å². The summed E-state index contributed by atoms with van der Waals surface area (Å²) in [6, 6.07) is 0. The van der Waals surface area contributed by atoms with Crippen molar-refractivity contribution < 1.29 is 0 Å². The van der Waals surface area contributed by atoms with E-state index in [1.807, 2.05) is 0 Å². The van der Waals surface area contributed by atoms with E-state index in [0.29, 0.717) is 5.82 Å². The first kappa shape index (κ1) is 6.92. The molecular weight excluding hydrogens is 107 g/mol. The highest BCUT2D eigenvalue weighted by Gasteiger charge is 1.98. The summed E-state index contributed by atoms with van der Waals surface area (Å²) in [6.45, 7) is 0.